The van der Waals surface area contributed by atoms with E-state index in [2.05, 4.69) is 242 Å². The molecule has 0 spiro atoms. The van der Waals surface area contributed by atoms with Crippen molar-refractivity contribution in [3.8, 4) is 33.4 Å². The van der Waals surface area contributed by atoms with Crippen molar-refractivity contribution in [2.75, 3.05) is 4.90 Å². The molecule has 1 aliphatic carbocycles. The lowest BCUT2D eigenvalue weighted by molar-refractivity contribution is 1.04. The van der Waals surface area contributed by atoms with Crippen LogP contribution in [0.15, 0.2) is 237 Å². The van der Waals surface area contributed by atoms with E-state index in [9.17, 15) is 0 Å². The van der Waals surface area contributed by atoms with Crippen molar-refractivity contribution in [2.45, 2.75) is 12.8 Å². The first-order chi connectivity index (χ1) is 31.3. The van der Waals surface area contributed by atoms with Crippen LogP contribution in [-0.2, 0) is 0 Å². The van der Waals surface area contributed by atoms with Gasteiger partial charge in [-0.2, -0.15) is 0 Å². The topological polar surface area (TPSA) is 3.24 Å². The van der Waals surface area contributed by atoms with Crippen LogP contribution in [0.25, 0.3) is 92.8 Å². The third-order valence-corrected chi connectivity index (χ3v) is 13.0. The molecule has 0 fully saturated rings. The van der Waals surface area contributed by atoms with Crippen molar-refractivity contribution in [2.24, 2.45) is 0 Å². The minimum absolute atomic E-state index is 1.07. The summed E-state index contributed by atoms with van der Waals surface area (Å²) in [7, 11) is 0. The summed E-state index contributed by atoms with van der Waals surface area (Å²) >= 11 is 0. The molecule has 0 atom stereocenters. The summed E-state index contributed by atoms with van der Waals surface area (Å²) in [5, 5.41) is 12.6. The van der Waals surface area contributed by atoms with Gasteiger partial charge in [0.05, 0.1) is 5.69 Å². The summed E-state index contributed by atoms with van der Waals surface area (Å²) in [6.07, 6.45) is 9.20. The van der Waals surface area contributed by atoms with Gasteiger partial charge in [0.1, 0.15) is 0 Å². The molecule has 0 bridgehead atoms. The second kappa shape index (κ2) is 15.5. The molecule has 0 heterocycles. The smallest absolute Gasteiger partial charge is 0.0540 e. The van der Waals surface area contributed by atoms with Gasteiger partial charge in [-0.05, 0) is 136 Å². The quantitative estimate of drug-likeness (QED) is 0.145. The highest BCUT2D eigenvalue weighted by Gasteiger charge is 2.21. The molecule has 1 nitrogen and oxygen atoms in total. The van der Waals surface area contributed by atoms with E-state index in [0.717, 1.165) is 29.9 Å². The molecule has 0 aliphatic heterocycles. The zero-order chi connectivity index (χ0) is 41.7. The predicted molar refractivity (Wildman–Crippen MR) is 271 cm³/mol. The summed E-state index contributed by atoms with van der Waals surface area (Å²) in [6.45, 7) is 0. The first kappa shape index (κ1) is 36.8. The van der Waals surface area contributed by atoms with Gasteiger partial charge in [0.25, 0.3) is 0 Å². The monoisotopic (exact) mass is 801 g/mol. The van der Waals surface area contributed by atoms with E-state index in [1.54, 1.807) is 0 Å². The highest BCUT2D eigenvalue weighted by molar-refractivity contribution is 6.22. The van der Waals surface area contributed by atoms with E-state index in [4.69, 9.17) is 0 Å². The Morgan fingerprint density at radius 1 is 0.286 bits per heavy atom. The molecule has 296 valence electrons. The van der Waals surface area contributed by atoms with E-state index in [0.29, 0.717) is 0 Å². The maximum Gasteiger partial charge on any atom is 0.0540 e. The lowest BCUT2D eigenvalue weighted by Crippen LogP contribution is -2.10. The molecular formula is C62H43N. The molecule has 0 saturated heterocycles. The molecule has 1 heteroatoms. The van der Waals surface area contributed by atoms with Gasteiger partial charge in [-0.1, -0.05) is 206 Å². The second-order valence-electron chi connectivity index (χ2n) is 16.6. The minimum atomic E-state index is 1.07. The first-order valence-corrected chi connectivity index (χ1v) is 22.1. The first-order valence-electron chi connectivity index (χ1n) is 22.1. The maximum absolute atomic E-state index is 2.42. The molecule has 63 heavy (non-hydrogen) atoms. The highest BCUT2D eigenvalue weighted by Crippen LogP contribution is 2.47. The van der Waals surface area contributed by atoms with E-state index in [-0.39, 0.29) is 0 Å². The summed E-state index contributed by atoms with van der Waals surface area (Å²) in [5.41, 5.74) is 13.4. The Bertz CT molecular complexity index is 3470. The van der Waals surface area contributed by atoms with E-state index in [1.165, 1.54) is 98.4 Å². The third kappa shape index (κ3) is 6.24. The number of benzene rings is 11. The average Bonchev–Trinajstić information content (AvgIpc) is 3.36. The number of hydrogen-bond donors (Lipinski definition) is 0. The molecule has 12 rings (SSSR count). The Kier molecular flexibility index (Phi) is 9.04. The predicted octanol–water partition coefficient (Wildman–Crippen LogP) is 17.7. The number of nitrogens with zero attached hydrogens (tertiary/aromatic N) is 1. The largest absolute Gasteiger partial charge is 0.310 e. The maximum atomic E-state index is 2.42. The van der Waals surface area contributed by atoms with Gasteiger partial charge in [0.15, 0.2) is 0 Å². The number of hydrogen-bond acceptors (Lipinski definition) is 1. The van der Waals surface area contributed by atoms with Crippen molar-refractivity contribution < 1.29 is 0 Å². The Hall–Kier alpha value is -8.00. The number of allylic oxidation sites excluding steroid dienone is 4. The standard InChI is InChI=1S/C62H43N/c1-3-19-43(20-4-1)59-50-25-9-13-29-54(50)61(55-30-14-10-26-51(55)59)45-34-38-47(39-35-45)63(58-33-17-23-42-18-7-8-24-49(42)58)48-40-36-46(37-41-48)62-56-31-15-11-27-52(56)60(44-21-5-2-6-22-44)53-28-12-16-32-57(53)62/h1,3-5,7-41H,2,6H2. The summed E-state index contributed by atoms with van der Waals surface area (Å²) in [4.78, 5) is 2.42. The summed E-state index contributed by atoms with van der Waals surface area (Å²) < 4.78 is 0. The summed E-state index contributed by atoms with van der Waals surface area (Å²) in [6, 6.07) is 80.3. The molecule has 11 aromatic rings. The Labute approximate surface area is 368 Å². The zero-order valence-electron chi connectivity index (χ0n) is 34.9. The minimum Gasteiger partial charge on any atom is -0.310 e. The van der Waals surface area contributed by atoms with E-state index in [1.807, 2.05) is 0 Å². The average molecular weight is 802 g/mol. The molecule has 11 aromatic carbocycles. The van der Waals surface area contributed by atoms with Crippen LogP contribution in [0.5, 0.6) is 0 Å². The Balaban J connectivity index is 1.02. The molecule has 0 radical (unpaired) electrons. The second-order valence-corrected chi connectivity index (χ2v) is 16.6. The number of anilines is 3. The van der Waals surface area contributed by atoms with Gasteiger partial charge < -0.3 is 4.90 Å². The lowest BCUT2D eigenvalue weighted by Gasteiger charge is -2.27. The Morgan fingerprint density at radius 3 is 1.11 bits per heavy atom. The van der Waals surface area contributed by atoms with E-state index < -0.39 is 0 Å². The normalized spacial score (nSPS) is 12.7. The fourth-order valence-electron chi connectivity index (χ4n) is 10.3. The van der Waals surface area contributed by atoms with Crippen LogP contribution >= 0.6 is 0 Å². The fraction of sp³-hybridized carbons (Fsp3) is 0.0323. The van der Waals surface area contributed by atoms with Gasteiger partial charge >= 0.3 is 0 Å². The molecule has 0 unspecified atom stereocenters. The van der Waals surface area contributed by atoms with Crippen LogP contribution in [0.1, 0.15) is 18.4 Å². The van der Waals surface area contributed by atoms with Crippen LogP contribution in [0, 0.1) is 0 Å². The molecule has 0 saturated carbocycles. The van der Waals surface area contributed by atoms with Crippen LogP contribution < -0.4 is 4.90 Å². The highest BCUT2D eigenvalue weighted by atomic mass is 15.1. The van der Waals surface area contributed by atoms with Crippen molar-refractivity contribution in [1.29, 1.82) is 0 Å². The lowest BCUT2D eigenvalue weighted by atomic mass is 9.84. The van der Waals surface area contributed by atoms with Crippen LogP contribution in [0.3, 0.4) is 0 Å². The van der Waals surface area contributed by atoms with Crippen molar-refractivity contribution in [3.05, 3.63) is 242 Å². The van der Waals surface area contributed by atoms with Gasteiger partial charge in [0.2, 0.25) is 0 Å². The zero-order valence-corrected chi connectivity index (χ0v) is 34.9. The third-order valence-electron chi connectivity index (χ3n) is 13.0. The van der Waals surface area contributed by atoms with Crippen molar-refractivity contribution in [1.82, 2.24) is 0 Å². The molecule has 0 N–H and O–H groups in total. The molecule has 0 aromatic heterocycles. The SMILES string of the molecule is C1=CC(c2c3ccccc3c(-c3ccc(N(c4ccc(-c5c6ccccc6c(-c6ccccc6)c6ccccc56)cc4)c4cccc5ccccc45)cc3)c3ccccc23)=CCC1. The van der Waals surface area contributed by atoms with Crippen LogP contribution in [0.4, 0.5) is 17.1 Å². The molecule has 0 amide bonds. The van der Waals surface area contributed by atoms with Gasteiger partial charge in [-0.3, -0.25) is 0 Å². The van der Waals surface area contributed by atoms with Crippen molar-refractivity contribution >= 4 is 76.5 Å². The fourth-order valence-corrected chi connectivity index (χ4v) is 10.3. The summed E-state index contributed by atoms with van der Waals surface area (Å²) in [5.74, 6) is 0. The molecular weight excluding hydrogens is 759 g/mol. The van der Waals surface area contributed by atoms with Gasteiger partial charge in [-0.25, -0.2) is 0 Å². The van der Waals surface area contributed by atoms with Crippen LogP contribution in [-0.4, -0.2) is 0 Å². The van der Waals surface area contributed by atoms with Gasteiger partial charge in [-0.15, -0.1) is 0 Å². The van der Waals surface area contributed by atoms with Crippen LogP contribution in [0.2, 0.25) is 0 Å². The Morgan fingerprint density at radius 2 is 0.667 bits per heavy atom. The molecule has 1 aliphatic rings. The van der Waals surface area contributed by atoms with Gasteiger partial charge in [0, 0.05) is 16.8 Å². The number of rotatable bonds is 7. The number of fused-ring (bicyclic) bond motifs is 5. The van der Waals surface area contributed by atoms with E-state index >= 15 is 0 Å². The van der Waals surface area contributed by atoms with Crippen molar-refractivity contribution in [3.63, 3.8) is 0 Å².